The summed E-state index contributed by atoms with van der Waals surface area (Å²) in [6.07, 6.45) is 3.67. The zero-order valence-corrected chi connectivity index (χ0v) is 11.8. The highest BCUT2D eigenvalue weighted by atomic mass is 32.2. The third-order valence-electron chi connectivity index (χ3n) is 3.29. The normalized spacial score (nSPS) is 21.8. The second-order valence-electron chi connectivity index (χ2n) is 4.83. The number of rotatable bonds is 2. The van der Waals surface area contributed by atoms with Gasteiger partial charge in [-0.2, -0.15) is 4.98 Å². The quantitative estimate of drug-likeness (QED) is 0.827. The Morgan fingerprint density at radius 2 is 2.10 bits per heavy atom. The molecule has 20 heavy (non-hydrogen) atoms. The fourth-order valence-corrected chi connectivity index (χ4v) is 4.07. The van der Waals surface area contributed by atoms with E-state index in [1.54, 1.807) is 12.3 Å². The molecule has 1 atom stereocenters. The van der Waals surface area contributed by atoms with Crippen molar-refractivity contribution in [1.82, 2.24) is 20.1 Å². The van der Waals surface area contributed by atoms with Gasteiger partial charge in [-0.05, 0) is 25.8 Å². The minimum Gasteiger partial charge on any atom is -0.337 e. The van der Waals surface area contributed by atoms with Gasteiger partial charge in [-0.1, -0.05) is 11.6 Å². The average Bonchev–Trinajstić information content (AvgIpc) is 2.87. The molecule has 3 heterocycles. The van der Waals surface area contributed by atoms with E-state index in [0.717, 1.165) is 12.1 Å². The lowest BCUT2D eigenvalue weighted by atomic mass is 10.2. The molecule has 8 heteroatoms. The molecule has 3 rings (SSSR count). The van der Waals surface area contributed by atoms with Crippen molar-refractivity contribution in [2.24, 2.45) is 0 Å². The van der Waals surface area contributed by atoms with Crippen LogP contribution in [0.1, 0.15) is 36.1 Å². The van der Waals surface area contributed by atoms with Gasteiger partial charge in [0.05, 0.1) is 5.75 Å². The van der Waals surface area contributed by atoms with Crippen molar-refractivity contribution in [1.29, 1.82) is 0 Å². The molecule has 7 nitrogen and oxygen atoms in total. The van der Waals surface area contributed by atoms with Crippen molar-refractivity contribution in [3.8, 4) is 11.6 Å². The second-order valence-corrected chi connectivity index (χ2v) is 7.13. The van der Waals surface area contributed by atoms with Crippen LogP contribution in [0.4, 0.5) is 0 Å². The van der Waals surface area contributed by atoms with Crippen molar-refractivity contribution < 1.29 is 12.9 Å². The predicted molar refractivity (Wildman–Crippen MR) is 70.4 cm³/mol. The molecule has 106 valence electrons. The second kappa shape index (κ2) is 4.93. The van der Waals surface area contributed by atoms with Crippen LogP contribution >= 0.6 is 0 Å². The maximum absolute atomic E-state index is 12.0. The number of nitrogens with zero attached hydrogens (tertiary/aromatic N) is 4. The monoisotopic (exact) mass is 294 g/mol. The molecule has 1 aliphatic heterocycles. The van der Waals surface area contributed by atoms with E-state index < -0.39 is 15.1 Å². The van der Waals surface area contributed by atoms with Gasteiger partial charge in [0.25, 0.3) is 0 Å². The van der Waals surface area contributed by atoms with Crippen LogP contribution < -0.4 is 0 Å². The molecular weight excluding hydrogens is 280 g/mol. The SMILES string of the molecule is Cc1ccnc(-c2noc(C3CCCCS3(=O)=O)n2)n1. The van der Waals surface area contributed by atoms with E-state index in [9.17, 15) is 8.42 Å². The number of aryl methyl sites for hydroxylation is 1. The van der Waals surface area contributed by atoms with E-state index >= 15 is 0 Å². The first-order valence-electron chi connectivity index (χ1n) is 6.41. The van der Waals surface area contributed by atoms with Gasteiger partial charge >= 0.3 is 0 Å². The molecular formula is C12H14N4O3S. The van der Waals surface area contributed by atoms with Crippen LogP contribution in [0.3, 0.4) is 0 Å². The van der Waals surface area contributed by atoms with Crippen LogP contribution in [0.15, 0.2) is 16.8 Å². The molecule has 2 aromatic heterocycles. The van der Waals surface area contributed by atoms with Crippen LogP contribution in [-0.4, -0.2) is 34.3 Å². The third kappa shape index (κ3) is 2.43. The molecule has 0 aromatic carbocycles. The minimum atomic E-state index is -3.19. The first-order chi connectivity index (χ1) is 9.56. The summed E-state index contributed by atoms with van der Waals surface area (Å²) in [7, 11) is -3.19. The molecule has 1 aliphatic rings. The molecule has 0 bridgehead atoms. The molecule has 1 fully saturated rings. The zero-order chi connectivity index (χ0) is 14.2. The molecule has 1 unspecified atom stereocenters. The molecule has 0 saturated carbocycles. The smallest absolute Gasteiger partial charge is 0.245 e. The highest BCUT2D eigenvalue weighted by molar-refractivity contribution is 7.91. The Kier molecular flexibility index (Phi) is 3.25. The fraction of sp³-hybridized carbons (Fsp3) is 0.500. The Morgan fingerprint density at radius 3 is 2.85 bits per heavy atom. The number of sulfone groups is 1. The Morgan fingerprint density at radius 1 is 1.25 bits per heavy atom. The van der Waals surface area contributed by atoms with Crippen LogP contribution in [-0.2, 0) is 9.84 Å². The van der Waals surface area contributed by atoms with Crippen LogP contribution in [0.2, 0.25) is 0 Å². The molecule has 1 saturated heterocycles. The average molecular weight is 294 g/mol. The number of aromatic nitrogens is 4. The summed E-state index contributed by atoms with van der Waals surface area (Å²) in [5, 5.41) is 3.10. The summed E-state index contributed by atoms with van der Waals surface area (Å²) in [6.45, 7) is 1.83. The first-order valence-corrected chi connectivity index (χ1v) is 8.13. The molecule has 0 amide bonds. The predicted octanol–water partition coefficient (Wildman–Crippen LogP) is 1.47. The van der Waals surface area contributed by atoms with Crippen molar-refractivity contribution in [2.75, 3.05) is 5.75 Å². The Hall–Kier alpha value is -1.83. The van der Waals surface area contributed by atoms with E-state index in [0.29, 0.717) is 18.7 Å². The summed E-state index contributed by atoms with van der Waals surface area (Å²) in [4.78, 5) is 12.4. The van der Waals surface area contributed by atoms with Crippen molar-refractivity contribution in [2.45, 2.75) is 31.4 Å². The molecule has 0 aliphatic carbocycles. The van der Waals surface area contributed by atoms with E-state index in [2.05, 4.69) is 20.1 Å². The Labute approximate surface area is 116 Å². The van der Waals surface area contributed by atoms with Gasteiger partial charge in [0.15, 0.2) is 9.84 Å². The van der Waals surface area contributed by atoms with Crippen molar-refractivity contribution >= 4 is 9.84 Å². The zero-order valence-electron chi connectivity index (χ0n) is 11.0. The van der Waals surface area contributed by atoms with E-state index in [-0.39, 0.29) is 17.5 Å². The van der Waals surface area contributed by atoms with E-state index in [1.807, 2.05) is 6.92 Å². The maximum Gasteiger partial charge on any atom is 0.245 e. The highest BCUT2D eigenvalue weighted by Crippen LogP contribution is 2.32. The summed E-state index contributed by atoms with van der Waals surface area (Å²) >= 11 is 0. The lowest BCUT2D eigenvalue weighted by Crippen LogP contribution is -2.21. The maximum atomic E-state index is 12.0. The molecule has 2 aromatic rings. The van der Waals surface area contributed by atoms with Gasteiger partial charge in [0.2, 0.25) is 17.5 Å². The van der Waals surface area contributed by atoms with Crippen molar-refractivity contribution in [3.05, 3.63) is 23.8 Å². The van der Waals surface area contributed by atoms with Gasteiger partial charge in [0.1, 0.15) is 5.25 Å². The van der Waals surface area contributed by atoms with Crippen LogP contribution in [0.25, 0.3) is 11.6 Å². The molecule has 0 N–H and O–H groups in total. The Balaban J connectivity index is 1.94. The Bertz CT molecular complexity index is 726. The fourth-order valence-electron chi connectivity index (χ4n) is 2.25. The third-order valence-corrected chi connectivity index (χ3v) is 5.45. The highest BCUT2D eigenvalue weighted by Gasteiger charge is 2.35. The summed E-state index contributed by atoms with van der Waals surface area (Å²) in [6, 6.07) is 1.76. The standard InChI is InChI=1S/C12H14N4O3S/c1-8-5-6-13-10(14-8)11-15-12(19-16-11)9-4-2-3-7-20(9,17)18/h5-6,9H,2-4,7H2,1H3. The van der Waals surface area contributed by atoms with Crippen LogP contribution in [0, 0.1) is 6.92 Å². The van der Waals surface area contributed by atoms with Gasteiger partial charge in [0, 0.05) is 11.9 Å². The number of hydrogen-bond acceptors (Lipinski definition) is 7. The van der Waals surface area contributed by atoms with E-state index in [4.69, 9.17) is 4.52 Å². The summed E-state index contributed by atoms with van der Waals surface area (Å²) in [5.74, 6) is 0.888. The topological polar surface area (TPSA) is 98.8 Å². The van der Waals surface area contributed by atoms with E-state index in [1.165, 1.54) is 0 Å². The minimum absolute atomic E-state index is 0.143. The van der Waals surface area contributed by atoms with Gasteiger partial charge in [-0.3, -0.25) is 0 Å². The lowest BCUT2D eigenvalue weighted by Gasteiger charge is -2.18. The first kappa shape index (κ1) is 13.2. The van der Waals surface area contributed by atoms with Crippen LogP contribution in [0.5, 0.6) is 0 Å². The summed E-state index contributed by atoms with van der Waals surface area (Å²) < 4.78 is 29.2. The van der Waals surface area contributed by atoms with Gasteiger partial charge in [-0.25, -0.2) is 18.4 Å². The molecule has 0 spiro atoms. The number of hydrogen-bond donors (Lipinski definition) is 0. The van der Waals surface area contributed by atoms with Gasteiger partial charge < -0.3 is 4.52 Å². The van der Waals surface area contributed by atoms with Crippen molar-refractivity contribution in [3.63, 3.8) is 0 Å². The lowest BCUT2D eigenvalue weighted by molar-refractivity contribution is 0.363. The largest absolute Gasteiger partial charge is 0.337 e. The summed E-state index contributed by atoms with van der Waals surface area (Å²) in [5.41, 5.74) is 0.784. The molecule has 0 radical (unpaired) electrons. The van der Waals surface area contributed by atoms with Gasteiger partial charge in [-0.15, -0.1) is 0 Å².